The third-order valence-electron chi connectivity index (χ3n) is 8.10. The van der Waals surface area contributed by atoms with E-state index < -0.39 is 11.2 Å². The van der Waals surface area contributed by atoms with Gasteiger partial charge in [0.25, 0.3) is 0 Å². The minimum absolute atomic E-state index is 0.00681. The van der Waals surface area contributed by atoms with E-state index >= 15 is 0 Å². The molecule has 7 heteroatoms. The van der Waals surface area contributed by atoms with E-state index in [-0.39, 0.29) is 11.8 Å². The second-order valence-electron chi connectivity index (χ2n) is 10.3. The second kappa shape index (κ2) is 7.61. The summed E-state index contributed by atoms with van der Waals surface area (Å²) < 4.78 is 14.0. The molecule has 0 saturated carbocycles. The number of benzene rings is 3. The Morgan fingerprint density at radius 2 is 1.73 bits per heavy atom. The summed E-state index contributed by atoms with van der Waals surface area (Å²) in [5.74, 6) is 0.670. The third-order valence-corrected chi connectivity index (χ3v) is 8.10. The molecule has 1 fully saturated rings. The highest BCUT2D eigenvalue weighted by atomic mass is 16.5. The Hall–Kier alpha value is -4.28. The number of oxazole rings is 1. The predicted octanol–water partition coefficient (Wildman–Crippen LogP) is 6.31. The summed E-state index contributed by atoms with van der Waals surface area (Å²) in [6.45, 7) is 1.99. The summed E-state index contributed by atoms with van der Waals surface area (Å²) in [5, 5.41) is 34.2. The lowest BCUT2D eigenvalue weighted by Gasteiger charge is -2.26. The number of hydrogen-bond donors (Lipinski definition) is 2. The second-order valence-corrected chi connectivity index (χ2v) is 10.3. The molecule has 0 unspecified atom stereocenters. The minimum atomic E-state index is -0.689. The highest BCUT2D eigenvalue weighted by molar-refractivity contribution is 5.95. The lowest BCUT2D eigenvalue weighted by molar-refractivity contribution is -0.0842. The Labute approximate surface area is 213 Å². The third kappa shape index (κ3) is 3.00. The van der Waals surface area contributed by atoms with Crippen LogP contribution in [0.15, 0.2) is 65.1 Å². The molecule has 2 aromatic heterocycles. The maximum atomic E-state index is 11.6. The molecule has 2 atom stereocenters. The number of ether oxygens (including phenoxy) is 1. The van der Waals surface area contributed by atoms with E-state index in [1.165, 1.54) is 4.57 Å². The van der Waals surface area contributed by atoms with E-state index in [2.05, 4.69) is 11.1 Å². The fourth-order valence-corrected chi connectivity index (χ4v) is 6.46. The highest BCUT2D eigenvalue weighted by Gasteiger charge is 2.61. The zero-order valence-electron chi connectivity index (χ0n) is 20.4. The average Bonchev–Trinajstić information content (AvgIpc) is 3.61. The lowest BCUT2D eigenvalue weighted by Crippen LogP contribution is -2.23. The first-order valence-corrected chi connectivity index (χ1v) is 12.6. The summed E-state index contributed by atoms with van der Waals surface area (Å²) in [7, 11) is 0. The van der Waals surface area contributed by atoms with Crippen LogP contribution in [0.1, 0.15) is 55.2 Å². The Morgan fingerprint density at radius 1 is 0.973 bits per heavy atom. The van der Waals surface area contributed by atoms with E-state index in [9.17, 15) is 15.5 Å². The van der Waals surface area contributed by atoms with Crippen molar-refractivity contribution in [3.05, 3.63) is 83.2 Å². The van der Waals surface area contributed by atoms with Crippen LogP contribution in [0.3, 0.4) is 0 Å². The fraction of sp³-hybridized carbons (Fsp3) is 0.267. The van der Waals surface area contributed by atoms with Crippen LogP contribution in [0, 0.1) is 11.3 Å². The molecule has 7 nitrogen and oxygen atoms in total. The monoisotopic (exact) mass is 491 g/mol. The number of rotatable bonds is 5. The van der Waals surface area contributed by atoms with E-state index in [4.69, 9.17) is 9.15 Å². The number of aromatic nitrogens is 2. The zero-order chi connectivity index (χ0) is 25.4. The molecule has 7 rings (SSSR count). The molecule has 0 spiro atoms. The smallest absolute Gasteiger partial charge is 0.205 e. The van der Waals surface area contributed by atoms with Crippen LogP contribution in [0.25, 0.3) is 27.6 Å². The first-order chi connectivity index (χ1) is 17.9. The number of nitriles is 1. The van der Waals surface area contributed by atoms with Crippen molar-refractivity contribution in [3.8, 4) is 23.5 Å². The molecular weight excluding hydrogens is 466 g/mol. The van der Waals surface area contributed by atoms with E-state index in [0.29, 0.717) is 41.1 Å². The fourth-order valence-electron chi connectivity index (χ4n) is 6.46. The van der Waals surface area contributed by atoms with E-state index in [1.54, 1.807) is 12.1 Å². The molecular formula is C30H25N3O4. The Morgan fingerprint density at radius 3 is 2.54 bits per heavy atom. The van der Waals surface area contributed by atoms with Crippen molar-refractivity contribution in [3.63, 3.8) is 0 Å². The molecule has 3 aromatic carbocycles. The van der Waals surface area contributed by atoms with Gasteiger partial charge in [-0.15, -0.1) is 0 Å². The molecule has 2 bridgehead atoms. The van der Waals surface area contributed by atoms with Crippen molar-refractivity contribution in [2.75, 3.05) is 0 Å². The Bertz CT molecular complexity index is 1730. The number of aryl methyl sites for hydroxylation is 1. The summed E-state index contributed by atoms with van der Waals surface area (Å²) in [6.07, 6.45) is 3.59. The molecule has 37 heavy (non-hydrogen) atoms. The van der Waals surface area contributed by atoms with E-state index in [1.807, 2.05) is 55.5 Å². The van der Waals surface area contributed by atoms with Crippen molar-refractivity contribution < 1.29 is 19.4 Å². The van der Waals surface area contributed by atoms with Gasteiger partial charge in [-0.3, -0.25) is 4.57 Å². The van der Waals surface area contributed by atoms with Crippen LogP contribution in [0.2, 0.25) is 0 Å². The summed E-state index contributed by atoms with van der Waals surface area (Å²) in [6, 6.07) is 21.0. The van der Waals surface area contributed by atoms with Crippen molar-refractivity contribution in [2.45, 2.75) is 50.2 Å². The van der Waals surface area contributed by atoms with Crippen LogP contribution < -0.4 is 0 Å². The first kappa shape index (κ1) is 22.0. The molecule has 0 radical (unpaired) electrons. The molecule has 0 amide bonds. The molecule has 2 aliphatic rings. The van der Waals surface area contributed by atoms with Gasteiger partial charge in [0.15, 0.2) is 11.5 Å². The minimum Gasteiger partial charge on any atom is -0.494 e. The highest BCUT2D eigenvalue weighted by Crippen LogP contribution is 2.66. The van der Waals surface area contributed by atoms with Crippen molar-refractivity contribution in [1.82, 2.24) is 9.55 Å². The number of aromatic hydroxyl groups is 2. The number of fused-ring (bicyclic) bond motifs is 7. The maximum Gasteiger partial charge on any atom is 0.205 e. The molecule has 1 saturated heterocycles. The van der Waals surface area contributed by atoms with Gasteiger partial charge in [-0.05, 0) is 56.9 Å². The quantitative estimate of drug-likeness (QED) is 0.298. The van der Waals surface area contributed by atoms with Gasteiger partial charge in [0, 0.05) is 17.2 Å². The van der Waals surface area contributed by atoms with E-state index in [0.717, 1.165) is 41.1 Å². The van der Waals surface area contributed by atoms with Crippen LogP contribution in [0.5, 0.6) is 11.8 Å². The van der Waals surface area contributed by atoms with Crippen molar-refractivity contribution in [2.24, 2.45) is 0 Å². The Kier molecular flexibility index (Phi) is 4.52. The van der Waals surface area contributed by atoms with Crippen LogP contribution >= 0.6 is 0 Å². The van der Waals surface area contributed by atoms with Gasteiger partial charge < -0.3 is 19.4 Å². The molecule has 2 aliphatic heterocycles. The molecule has 4 heterocycles. The number of hydrogen-bond acceptors (Lipinski definition) is 6. The maximum absolute atomic E-state index is 11.6. The summed E-state index contributed by atoms with van der Waals surface area (Å²) >= 11 is 0. The van der Waals surface area contributed by atoms with Crippen LogP contribution in [-0.2, 0) is 22.4 Å². The largest absolute Gasteiger partial charge is 0.494 e. The van der Waals surface area contributed by atoms with Gasteiger partial charge in [-0.1, -0.05) is 36.4 Å². The topological polar surface area (TPSA) is 104 Å². The van der Waals surface area contributed by atoms with Gasteiger partial charge >= 0.3 is 0 Å². The first-order valence-electron chi connectivity index (χ1n) is 12.6. The standard InChI is InChI=1S/C30H25N3O4/c1-29-15-16-30(37-29,14-6-11-24-32-21-9-4-5-10-23(21)36-24)26-25(29)27(34)33(28(26)35)22-13-12-18(17-31)19-7-2-3-8-20(19)22/h2-5,7-10,12-13,34-35H,6,11,14-16H2,1H3/t29-,30+/m1/s1. The summed E-state index contributed by atoms with van der Waals surface area (Å²) in [5.41, 5.74) is 2.76. The number of nitrogens with zero attached hydrogens (tertiary/aromatic N) is 3. The molecule has 0 aliphatic carbocycles. The SMILES string of the molecule is C[C@]12CC[C@](CCCc3nc4ccccc4o3)(O1)c1c2c(O)n(-c2ccc(C#N)c3ccccc23)c1O. The van der Waals surface area contributed by atoms with Crippen LogP contribution in [-0.4, -0.2) is 19.8 Å². The molecule has 2 N–H and O–H groups in total. The van der Waals surface area contributed by atoms with Crippen molar-refractivity contribution in [1.29, 1.82) is 5.26 Å². The average molecular weight is 492 g/mol. The normalized spacial score (nSPS) is 22.1. The van der Waals surface area contributed by atoms with Gasteiger partial charge in [0.05, 0.1) is 34.0 Å². The Balaban J connectivity index is 1.28. The van der Waals surface area contributed by atoms with Gasteiger partial charge in [0.2, 0.25) is 11.8 Å². The van der Waals surface area contributed by atoms with Crippen LogP contribution in [0.4, 0.5) is 0 Å². The van der Waals surface area contributed by atoms with Gasteiger partial charge in [-0.25, -0.2) is 4.98 Å². The molecule has 5 aromatic rings. The lowest BCUT2D eigenvalue weighted by atomic mass is 9.77. The van der Waals surface area contributed by atoms with Gasteiger partial charge in [-0.2, -0.15) is 5.26 Å². The zero-order valence-corrected chi connectivity index (χ0v) is 20.4. The van der Waals surface area contributed by atoms with Crippen molar-refractivity contribution >= 4 is 21.9 Å². The summed E-state index contributed by atoms with van der Waals surface area (Å²) in [4.78, 5) is 4.59. The van der Waals surface area contributed by atoms with Gasteiger partial charge in [0.1, 0.15) is 11.1 Å². The number of para-hydroxylation sites is 2. The predicted molar refractivity (Wildman–Crippen MR) is 138 cm³/mol. The molecule has 184 valence electrons.